The van der Waals surface area contributed by atoms with Gasteiger partial charge in [-0.3, -0.25) is 4.79 Å². The quantitative estimate of drug-likeness (QED) is 0.520. The van der Waals surface area contributed by atoms with Crippen LogP contribution in [-0.4, -0.2) is 54.1 Å². The van der Waals surface area contributed by atoms with Gasteiger partial charge in [0.1, 0.15) is 5.69 Å². The van der Waals surface area contributed by atoms with Crippen molar-refractivity contribution in [3.05, 3.63) is 22.5 Å². The molecule has 0 saturated heterocycles. The monoisotopic (exact) mass is 351 g/mol. The van der Waals surface area contributed by atoms with E-state index in [-0.39, 0.29) is 11.9 Å². The minimum Gasteiger partial charge on any atom is -0.461 e. The molecule has 0 unspecified atom stereocenters. The van der Waals surface area contributed by atoms with Gasteiger partial charge in [0.05, 0.1) is 12.2 Å². The van der Waals surface area contributed by atoms with Gasteiger partial charge in [0.15, 0.2) is 0 Å². The molecule has 1 N–H and O–H groups in total. The summed E-state index contributed by atoms with van der Waals surface area (Å²) in [6, 6.07) is 0. The van der Waals surface area contributed by atoms with Crippen LogP contribution in [0.2, 0.25) is 0 Å². The summed E-state index contributed by atoms with van der Waals surface area (Å²) in [4.78, 5) is 27.2. The molecule has 0 saturated carbocycles. The molecule has 0 aliphatic heterocycles. The number of nitrogens with one attached hydrogen (secondary N) is 1. The second-order valence-electron chi connectivity index (χ2n) is 6.04. The summed E-state index contributed by atoms with van der Waals surface area (Å²) in [5.41, 5.74) is 2.58. The Balaban J connectivity index is 2.87. The fraction of sp³-hybridized carbons (Fsp3) is 0.684. The highest BCUT2D eigenvalue weighted by Crippen LogP contribution is 2.23. The van der Waals surface area contributed by atoms with Gasteiger partial charge in [0.25, 0.3) is 5.91 Å². The lowest BCUT2D eigenvalue weighted by atomic mass is 10.1. The van der Waals surface area contributed by atoms with Crippen molar-refractivity contribution >= 4 is 11.9 Å². The van der Waals surface area contributed by atoms with Crippen molar-refractivity contribution in [1.82, 2.24) is 14.8 Å². The van der Waals surface area contributed by atoms with Crippen molar-refractivity contribution in [3.8, 4) is 0 Å². The summed E-state index contributed by atoms with van der Waals surface area (Å²) < 4.78 is 7.01. The Labute approximate surface area is 151 Å². The highest BCUT2D eigenvalue weighted by atomic mass is 16.5. The van der Waals surface area contributed by atoms with Crippen molar-refractivity contribution in [2.75, 3.05) is 32.8 Å². The Morgan fingerprint density at radius 2 is 1.76 bits per heavy atom. The fourth-order valence-corrected chi connectivity index (χ4v) is 3.22. The molecule has 0 aliphatic carbocycles. The third-order valence-electron chi connectivity index (χ3n) is 4.61. The van der Waals surface area contributed by atoms with Gasteiger partial charge in [-0.2, -0.15) is 0 Å². The normalized spacial score (nSPS) is 11.0. The molecular weight excluding hydrogens is 318 g/mol. The lowest BCUT2D eigenvalue weighted by Gasteiger charge is -2.17. The molecule has 0 aromatic carbocycles. The van der Waals surface area contributed by atoms with E-state index in [4.69, 9.17) is 4.74 Å². The van der Waals surface area contributed by atoms with Crippen LogP contribution in [0.4, 0.5) is 0 Å². The average molecular weight is 351 g/mol. The predicted octanol–water partition coefficient (Wildman–Crippen LogP) is 2.76. The van der Waals surface area contributed by atoms with E-state index in [2.05, 4.69) is 24.1 Å². The van der Waals surface area contributed by atoms with Crippen molar-refractivity contribution < 1.29 is 14.3 Å². The number of hydrogen-bond donors (Lipinski definition) is 1. The second-order valence-corrected chi connectivity index (χ2v) is 6.04. The molecule has 0 radical (unpaired) electrons. The van der Waals surface area contributed by atoms with Crippen LogP contribution < -0.4 is 5.32 Å². The number of amides is 1. The van der Waals surface area contributed by atoms with E-state index in [1.54, 1.807) is 6.92 Å². The van der Waals surface area contributed by atoms with E-state index < -0.39 is 0 Å². The Hall–Kier alpha value is -1.82. The zero-order valence-electron chi connectivity index (χ0n) is 16.6. The fourth-order valence-electron chi connectivity index (χ4n) is 3.22. The molecule has 0 spiro atoms. The van der Waals surface area contributed by atoms with E-state index in [9.17, 15) is 9.59 Å². The minimum absolute atomic E-state index is 0.118. The first kappa shape index (κ1) is 21.2. The zero-order valence-corrected chi connectivity index (χ0v) is 16.6. The van der Waals surface area contributed by atoms with Crippen molar-refractivity contribution in [1.29, 1.82) is 0 Å². The van der Waals surface area contributed by atoms with Gasteiger partial charge in [-0.25, -0.2) is 4.79 Å². The first-order chi connectivity index (χ1) is 11.9. The largest absolute Gasteiger partial charge is 0.461 e. The maximum Gasteiger partial charge on any atom is 0.355 e. The molecular formula is C19H33N3O3. The number of hydrogen-bond acceptors (Lipinski definition) is 4. The second kappa shape index (κ2) is 10.2. The van der Waals surface area contributed by atoms with Crippen molar-refractivity contribution in [2.24, 2.45) is 0 Å². The van der Waals surface area contributed by atoms with Gasteiger partial charge in [0, 0.05) is 18.8 Å². The summed E-state index contributed by atoms with van der Waals surface area (Å²) in [6.45, 7) is 16.3. The van der Waals surface area contributed by atoms with Gasteiger partial charge in [-0.1, -0.05) is 13.8 Å². The topological polar surface area (TPSA) is 63.6 Å². The van der Waals surface area contributed by atoms with Crippen LogP contribution in [0.15, 0.2) is 0 Å². The van der Waals surface area contributed by atoms with Crippen LogP contribution in [0.5, 0.6) is 0 Å². The highest BCUT2D eigenvalue weighted by molar-refractivity contribution is 6.01. The number of aromatic nitrogens is 1. The number of carbonyl (C=O) groups is 2. The molecule has 1 heterocycles. The van der Waals surface area contributed by atoms with E-state index in [0.717, 1.165) is 31.7 Å². The molecule has 0 atom stereocenters. The zero-order chi connectivity index (χ0) is 19.0. The summed E-state index contributed by atoms with van der Waals surface area (Å²) >= 11 is 0. The number of carbonyl (C=O) groups excluding carboxylic acids is 2. The van der Waals surface area contributed by atoms with Gasteiger partial charge >= 0.3 is 5.97 Å². The molecule has 25 heavy (non-hydrogen) atoms. The SMILES string of the molecule is CCOC(=O)c1c(C)c(C(=O)NCCCN(CC)CC)c(C)n1CC. The lowest BCUT2D eigenvalue weighted by Crippen LogP contribution is -2.30. The summed E-state index contributed by atoms with van der Waals surface area (Å²) in [6.07, 6.45) is 0.907. The molecule has 142 valence electrons. The molecule has 0 aliphatic rings. The summed E-state index contributed by atoms with van der Waals surface area (Å²) in [5.74, 6) is -0.488. The molecule has 0 bridgehead atoms. The summed E-state index contributed by atoms with van der Waals surface area (Å²) in [5, 5.41) is 2.99. The molecule has 1 amide bonds. The van der Waals surface area contributed by atoms with E-state index in [1.165, 1.54) is 0 Å². The van der Waals surface area contributed by atoms with Crippen LogP contribution in [0.1, 0.15) is 66.2 Å². The minimum atomic E-state index is -0.370. The third-order valence-corrected chi connectivity index (χ3v) is 4.61. The molecule has 0 fully saturated rings. The number of ether oxygens (including phenoxy) is 1. The average Bonchev–Trinajstić information content (AvgIpc) is 2.85. The smallest absolute Gasteiger partial charge is 0.355 e. The molecule has 6 nitrogen and oxygen atoms in total. The molecule has 1 rings (SSSR count). The Morgan fingerprint density at radius 1 is 1.12 bits per heavy atom. The van der Waals surface area contributed by atoms with E-state index in [0.29, 0.717) is 36.5 Å². The molecule has 6 heteroatoms. The van der Waals surface area contributed by atoms with Crippen molar-refractivity contribution in [2.45, 2.75) is 54.5 Å². The maximum absolute atomic E-state index is 12.6. The maximum atomic E-state index is 12.6. The van der Waals surface area contributed by atoms with E-state index >= 15 is 0 Å². The Kier molecular flexibility index (Phi) is 8.69. The van der Waals surface area contributed by atoms with Gasteiger partial charge < -0.3 is 19.5 Å². The van der Waals surface area contributed by atoms with Crippen LogP contribution in [0, 0.1) is 13.8 Å². The number of nitrogens with zero attached hydrogens (tertiary/aromatic N) is 2. The number of rotatable bonds is 10. The van der Waals surface area contributed by atoms with Gasteiger partial charge in [-0.05, 0) is 59.3 Å². The first-order valence-corrected chi connectivity index (χ1v) is 9.30. The van der Waals surface area contributed by atoms with Crippen LogP contribution in [0.3, 0.4) is 0 Å². The molecule has 1 aromatic rings. The predicted molar refractivity (Wildman–Crippen MR) is 100 cm³/mol. The standard InChI is InChI=1S/C19H33N3O3/c1-7-21(8-2)13-11-12-20-18(23)16-14(5)17(19(24)25-10-4)22(9-3)15(16)6/h7-13H2,1-6H3,(H,20,23). The Morgan fingerprint density at radius 3 is 2.28 bits per heavy atom. The third kappa shape index (κ3) is 5.08. The van der Waals surface area contributed by atoms with Crippen molar-refractivity contribution in [3.63, 3.8) is 0 Å². The van der Waals surface area contributed by atoms with E-state index in [1.807, 2.05) is 25.3 Å². The van der Waals surface area contributed by atoms with Crippen LogP contribution in [-0.2, 0) is 11.3 Å². The highest BCUT2D eigenvalue weighted by Gasteiger charge is 2.26. The summed E-state index contributed by atoms with van der Waals surface area (Å²) in [7, 11) is 0. The van der Waals surface area contributed by atoms with Gasteiger partial charge in [-0.15, -0.1) is 0 Å². The van der Waals surface area contributed by atoms with Gasteiger partial charge in [0.2, 0.25) is 0 Å². The first-order valence-electron chi connectivity index (χ1n) is 9.30. The van der Waals surface area contributed by atoms with Crippen LogP contribution in [0.25, 0.3) is 0 Å². The van der Waals surface area contributed by atoms with Crippen LogP contribution >= 0.6 is 0 Å². The Bertz CT molecular complexity index is 589. The number of esters is 1. The molecule has 1 aromatic heterocycles. The lowest BCUT2D eigenvalue weighted by molar-refractivity contribution is 0.0512.